The van der Waals surface area contributed by atoms with Crippen molar-refractivity contribution < 1.29 is 22.7 Å². The number of fused-ring (bicyclic) bond motifs is 2. The van der Waals surface area contributed by atoms with Crippen LogP contribution in [0.3, 0.4) is 0 Å². The predicted octanol–water partition coefficient (Wildman–Crippen LogP) is 4.74. The van der Waals surface area contributed by atoms with Gasteiger partial charge in [0.05, 0.1) is 30.3 Å². The monoisotopic (exact) mass is 474 g/mol. The molecule has 0 aromatic carbocycles. The normalized spacial score (nSPS) is 12.1. The largest absolute Gasteiger partial charge is 0.493 e. The lowest BCUT2D eigenvalue weighted by atomic mass is 9.98. The Bertz CT molecular complexity index is 1370. The van der Waals surface area contributed by atoms with Crippen LogP contribution in [0.4, 0.5) is 13.2 Å². The third-order valence-corrected chi connectivity index (χ3v) is 5.70. The van der Waals surface area contributed by atoms with Crippen LogP contribution in [0.1, 0.15) is 47.8 Å². The molecule has 4 aromatic rings. The number of amides is 1. The van der Waals surface area contributed by atoms with Crippen molar-refractivity contribution >= 4 is 22.6 Å². The molecule has 0 radical (unpaired) electrons. The smallest absolute Gasteiger partial charge is 0.390 e. The van der Waals surface area contributed by atoms with E-state index in [0.29, 0.717) is 22.5 Å². The average molecular weight is 474 g/mol. The van der Waals surface area contributed by atoms with E-state index in [2.05, 4.69) is 20.1 Å². The Morgan fingerprint density at radius 1 is 1.29 bits per heavy atom. The maximum atomic E-state index is 12.9. The molecule has 0 fully saturated rings. The van der Waals surface area contributed by atoms with Crippen LogP contribution in [0, 0.1) is 6.92 Å². The first-order valence-electron chi connectivity index (χ1n) is 10.7. The number of hydrogen-bond acceptors (Lipinski definition) is 5. The zero-order valence-corrected chi connectivity index (χ0v) is 19.5. The van der Waals surface area contributed by atoms with Gasteiger partial charge in [0.25, 0.3) is 5.91 Å². The van der Waals surface area contributed by atoms with E-state index < -0.39 is 25.0 Å². The van der Waals surface area contributed by atoms with E-state index in [1.54, 1.807) is 24.6 Å². The fraction of sp³-hybridized carbons (Fsp3) is 0.391. The Kier molecular flexibility index (Phi) is 5.96. The van der Waals surface area contributed by atoms with E-state index in [1.807, 2.05) is 26.1 Å². The summed E-state index contributed by atoms with van der Waals surface area (Å²) in [5.41, 5.74) is 5.08. The molecule has 1 amide bonds. The van der Waals surface area contributed by atoms with Crippen LogP contribution >= 0.6 is 0 Å². The molecule has 0 aliphatic heterocycles. The Morgan fingerprint density at radius 2 is 2.03 bits per heavy atom. The van der Waals surface area contributed by atoms with Gasteiger partial charge in [0.1, 0.15) is 12.0 Å². The topological polar surface area (TPSA) is 88.4 Å². The summed E-state index contributed by atoms with van der Waals surface area (Å²) in [7, 11) is 2.91. The summed E-state index contributed by atoms with van der Waals surface area (Å²) in [5.74, 6) is 0.0313. The second-order valence-corrected chi connectivity index (χ2v) is 8.54. The molecule has 4 rings (SSSR count). The third-order valence-electron chi connectivity index (χ3n) is 5.70. The van der Waals surface area contributed by atoms with Crippen LogP contribution in [-0.2, 0) is 0 Å². The van der Waals surface area contributed by atoms with Gasteiger partial charge < -0.3 is 14.6 Å². The second-order valence-electron chi connectivity index (χ2n) is 8.54. The van der Waals surface area contributed by atoms with Gasteiger partial charge in [-0.25, -0.2) is 14.5 Å². The number of carbonyl (C=O) groups is 1. The van der Waals surface area contributed by atoms with Gasteiger partial charge in [-0.1, -0.05) is 13.8 Å². The number of rotatable bonds is 6. The van der Waals surface area contributed by atoms with Crippen molar-refractivity contribution in [3.63, 3.8) is 0 Å². The summed E-state index contributed by atoms with van der Waals surface area (Å²) in [5, 5.41) is 4.21. The second kappa shape index (κ2) is 8.62. The molecular formula is C23H25F3N6O2. The summed E-state index contributed by atoms with van der Waals surface area (Å²) in [6.45, 7) is 5.30. The molecule has 8 nitrogen and oxygen atoms in total. The Labute approximate surface area is 193 Å². The van der Waals surface area contributed by atoms with Gasteiger partial charge in [0, 0.05) is 30.9 Å². The molecule has 0 unspecified atom stereocenters. The van der Waals surface area contributed by atoms with Crippen LogP contribution in [0.2, 0.25) is 0 Å². The van der Waals surface area contributed by atoms with E-state index in [0.717, 1.165) is 27.2 Å². The zero-order chi connectivity index (χ0) is 24.8. The van der Waals surface area contributed by atoms with Crippen molar-refractivity contribution in [3.05, 3.63) is 41.5 Å². The summed E-state index contributed by atoms with van der Waals surface area (Å²) in [6.07, 6.45) is -2.15. The van der Waals surface area contributed by atoms with Gasteiger partial charge in [0.2, 0.25) is 0 Å². The highest BCUT2D eigenvalue weighted by atomic mass is 19.4. The standard InChI is InChI=1S/C23H25F3N6O2/c1-12(2)17-19(14-9-16(34-5)21-27-11-28-32(21)10-14)29-15-8-13(3)18(30-20(15)17)22(33)31(4)7-6-23(24,25)26/h8-12,29H,6-7H2,1-5H3. The first kappa shape index (κ1) is 23.5. The molecule has 11 heteroatoms. The number of methoxy groups -OCH3 is 1. The van der Waals surface area contributed by atoms with Gasteiger partial charge >= 0.3 is 6.18 Å². The molecule has 180 valence electrons. The fourth-order valence-corrected chi connectivity index (χ4v) is 4.00. The molecule has 34 heavy (non-hydrogen) atoms. The number of aromatic nitrogens is 5. The van der Waals surface area contributed by atoms with Crippen LogP contribution in [0.5, 0.6) is 5.75 Å². The van der Waals surface area contributed by atoms with E-state index in [4.69, 9.17) is 4.74 Å². The summed E-state index contributed by atoms with van der Waals surface area (Å²) >= 11 is 0. The maximum Gasteiger partial charge on any atom is 0.390 e. The fourth-order valence-electron chi connectivity index (χ4n) is 4.00. The lowest BCUT2D eigenvalue weighted by Crippen LogP contribution is -2.31. The van der Waals surface area contributed by atoms with Gasteiger partial charge in [-0.3, -0.25) is 4.79 Å². The van der Waals surface area contributed by atoms with E-state index in [1.165, 1.54) is 13.4 Å². The SMILES string of the molecule is COc1cc(-c2[nH]c3cc(C)c(C(=O)N(C)CCC(F)(F)F)nc3c2C(C)C)cn2ncnc12. The van der Waals surface area contributed by atoms with Crippen LogP contribution in [0.15, 0.2) is 24.7 Å². The molecule has 0 atom stereocenters. The quantitative estimate of drug-likeness (QED) is 0.436. The number of pyridine rings is 2. The van der Waals surface area contributed by atoms with E-state index in [-0.39, 0.29) is 11.6 Å². The molecule has 0 aliphatic carbocycles. The van der Waals surface area contributed by atoms with Gasteiger partial charge in [-0.05, 0) is 30.5 Å². The molecule has 0 saturated carbocycles. The Hall–Kier alpha value is -3.63. The highest BCUT2D eigenvalue weighted by Gasteiger charge is 2.29. The van der Waals surface area contributed by atoms with Gasteiger partial charge in [-0.2, -0.15) is 18.3 Å². The lowest BCUT2D eigenvalue weighted by molar-refractivity contribution is -0.136. The first-order chi connectivity index (χ1) is 16.0. The average Bonchev–Trinajstić information content (AvgIpc) is 3.39. The van der Waals surface area contributed by atoms with Crippen LogP contribution in [-0.4, -0.2) is 62.3 Å². The van der Waals surface area contributed by atoms with E-state index >= 15 is 0 Å². The maximum absolute atomic E-state index is 12.9. The minimum absolute atomic E-state index is 0.0299. The van der Waals surface area contributed by atoms with Crippen LogP contribution < -0.4 is 4.74 Å². The highest BCUT2D eigenvalue weighted by molar-refractivity contribution is 5.98. The molecule has 4 aromatic heterocycles. The first-order valence-corrected chi connectivity index (χ1v) is 10.7. The molecule has 0 saturated heterocycles. The van der Waals surface area contributed by atoms with Crippen molar-refractivity contribution in [3.8, 4) is 17.0 Å². The number of nitrogens with one attached hydrogen (secondary N) is 1. The molecule has 1 N–H and O–H groups in total. The number of aryl methyl sites for hydroxylation is 1. The van der Waals surface area contributed by atoms with Crippen LogP contribution in [0.25, 0.3) is 27.9 Å². The number of halogens is 3. The minimum atomic E-state index is -4.34. The summed E-state index contributed by atoms with van der Waals surface area (Å²) in [4.78, 5) is 26.2. The summed E-state index contributed by atoms with van der Waals surface area (Å²) in [6, 6.07) is 3.65. The van der Waals surface area contributed by atoms with Gasteiger partial charge in [0.15, 0.2) is 11.4 Å². The molecule has 0 spiro atoms. The number of alkyl halides is 3. The van der Waals surface area contributed by atoms with Crippen molar-refractivity contribution in [1.29, 1.82) is 0 Å². The number of carbonyl (C=O) groups excluding carboxylic acids is 1. The highest BCUT2D eigenvalue weighted by Crippen LogP contribution is 2.37. The Balaban J connectivity index is 1.83. The number of hydrogen-bond donors (Lipinski definition) is 1. The number of nitrogens with zero attached hydrogens (tertiary/aromatic N) is 5. The molecule has 0 aliphatic rings. The van der Waals surface area contributed by atoms with Crippen molar-refractivity contribution in [2.75, 3.05) is 20.7 Å². The predicted molar refractivity (Wildman–Crippen MR) is 121 cm³/mol. The minimum Gasteiger partial charge on any atom is -0.493 e. The number of H-pyrrole nitrogens is 1. The van der Waals surface area contributed by atoms with Crippen molar-refractivity contribution in [1.82, 2.24) is 29.5 Å². The third kappa shape index (κ3) is 4.29. The Morgan fingerprint density at radius 3 is 2.68 bits per heavy atom. The molecule has 4 heterocycles. The molecular weight excluding hydrogens is 449 g/mol. The number of ether oxygens (including phenoxy) is 1. The van der Waals surface area contributed by atoms with Crippen molar-refractivity contribution in [2.24, 2.45) is 0 Å². The summed E-state index contributed by atoms with van der Waals surface area (Å²) < 4.78 is 45.0. The van der Waals surface area contributed by atoms with Crippen molar-refractivity contribution in [2.45, 2.75) is 39.3 Å². The lowest BCUT2D eigenvalue weighted by Gasteiger charge is -2.19. The zero-order valence-electron chi connectivity index (χ0n) is 19.5. The van der Waals surface area contributed by atoms with Gasteiger partial charge in [-0.15, -0.1) is 0 Å². The molecule has 0 bridgehead atoms. The number of aromatic amines is 1. The van der Waals surface area contributed by atoms with E-state index in [9.17, 15) is 18.0 Å².